The molecule has 0 amide bonds. The second-order valence-corrected chi connectivity index (χ2v) is 6.62. The molecular weight excluding hydrogens is 274 g/mol. The summed E-state index contributed by atoms with van der Waals surface area (Å²) in [4.78, 5) is 19.1. The van der Waals surface area contributed by atoms with Crippen LogP contribution < -0.4 is 10.9 Å². The minimum absolute atomic E-state index is 0.0418. The van der Waals surface area contributed by atoms with E-state index >= 15 is 0 Å². The number of fused-ring (bicyclic) bond motifs is 3. The molecule has 4 rings (SSSR count). The third kappa shape index (κ3) is 2.05. The van der Waals surface area contributed by atoms with Gasteiger partial charge in [0.25, 0.3) is 5.56 Å². The topological polar surface area (TPSA) is 57.8 Å². The lowest BCUT2D eigenvalue weighted by Crippen LogP contribution is -2.47. The number of benzene rings is 1. The van der Waals surface area contributed by atoms with E-state index in [-0.39, 0.29) is 5.56 Å². The second-order valence-electron chi connectivity index (χ2n) is 6.62. The normalized spacial score (nSPS) is 25.8. The van der Waals surface area contributed by atoms with Gasteiger partial charge in [-0.25, -0.2) is 4.98 Å². The van der Waals surface area contributed by atoms with Crippen LogP contribution in [-0.4, -0.2) is 16.0 Å². The standard InChI is InChI=1S/C18H21N3O/c1-10-17(19-11(2)20-18(10)22)21-16-9-15-13-6-4-3-5-12(13)7-8-14(15)16/h3-6,14-16H,7-9H2,1-2H3,(H2,19,20,21,22). The van der Waals surface area contributed by atoms with E-state index in [9.17, 15) is 4.79 Å². The molecule has 22 heavy (non-hydrogen) atoms. The molecule has 114 valence electrons. The van der Waals surface area contributed by atoms with Gasteiger partial charge in [-0.1, -0.05) is 24.3 Å². The zero-order chi connectivity index (χ0) is 15.3. The van der Waals surface area contributed by atoms with Gasteiger partial charge >= 0.3 is 0 Å². The number of H-pyrrole nitrogens is 1. The Morgan fingerprint density at radius 1 is 1.27 bits per heavy atom. The maximum Gasteiger partial charge on any atom is 0.255 e. The van der Waals surface area contributed by atoms with Gasteiger partial charge in [0.2, 0.25) is 0 Å². The third-order valence-corrected chi connectivity index (χ3v) is 5.33. The number of aromatic nitrogens is 2. The van der Waals surface area contributed by atoms with Crippen LogP contribution in [0.4, 0.5) is 5.82 Å². The van der Waals surface area contributed by atoms with Crippen LogP contribution in [0, 0.1) is 19.8 Å². The SMILES string of the molecule is Cc1nc(NC2CC3c4ccccc4CCC23)c(C)c(=O)[nH]1. The van der Waals surface area contributed by atoms with Gasteiger partial charge in [0, 0.05) is 6.04 Å². The van der Waals surface area contributed by atoms with Gasteiger partial charge in [-0.05, 0) is 56.1 Å². The highest BCUT2D eigenvalue weighted by molar-refractivity contribution is 5.46. The molecule has 1 aromatic heterocycles. The summed E-state index contributed by atoms with van der Waals surface area (Å²) in [5.74, 6) is 2.76. The first-order valence-corrected chi connectivity index (χ1v) is 8.05. The molecule has 1 fully saturated rings. The van der Waals surface area contributed by atoms with E-state index in [0.717, 1.165) is 18.7 Å². The van der Waals surface area contributed by atoms with Crippen molar-refractivity contribution < 1.29 is 0 Å². The minimum atomic E-state index is -0.0418. The Balaban J connectivity index is 1.56. The van der Waals surface area contributed by atoms with Crippen LogP contribution in [-0.2, 0) is 6.42 Å². The molecule has 2 aliphatic carbocycles. The molecular formula is C18H21N3O. The Morgan fingerprint density at radius 3 is 2.95 bits per heavy atom. The number of hydrogen-bond donors (Lipinski definition) is 2. The molecule has 0 bridgehead atoms. The van der Waals surface area contributed by atoms with E-state index in [1.807, 2.05) is 13.8 Å². The number of aryl methyl sites for hydroxylation is 2. The number of nitrogens with one attached hydrogen (secondary N) is 2. The first kappa shape index (κ1) is 13.6. The minimum Gasteiger partial charge on any atom is -0.367 e. The van der Waals surface area contributed by atoms with Crippen molar-refractivity contribution in [2.75, 3.05) is 5.32 Å². The summed E-state index contributed by atoms with van der Waals surface area (Å²) in [7, 11) is 0. The molecule has 2 N–H and O–H groups in total. The summed E-state index contributed by atoms with van der Waals surface area (Å²) in [6, 6.07) is 9.26. The molecule has 3 unspecified atom stereocenters. The average Bonchev–Trinajstić information content (AvgIpc) is 2.48. The van der Waals surface area contributed by atoms with Crippen molar-refractivity contribution in [3.8, 4) is 0 Å². The molecule has 4 heteroatoms. The predicted molar refractivity (Wildman–Crippen MR) is 87.4 cm³/mol. The molecule has 0 aliphatic heterocycles. The number of nitrogens with zero attached hydrogens (tertiary/aromatic N) is 1. The lowest BCUT2D eigenvalue weighted by Gasteiger charge is -2.49. The number of anilines is 1. The Hall–Kier alpha value is -2.10. The Kier molecular flexibility index (Phi) is 3.06. The van der Waals surface area contributed by atoms with Crippen LogP contribution >= 0.6 is 0 Å². The second kappa shape index (κ2) is 4.97. The molecule has 2 aliphatic rings. The number of rotatable bonds is 2. The highest BCUT2D eigenvalue weighted by Gasteiger charge is 2.44. The fraction of sp³-hybridized carbons (Fsp3) is 0.444. The largest absolute Gasteiger partial charge is 0.367 e. The summed E-state index contributed by atoms with van der Waals surface area (Å²) in [5.41, 5.74) is 3.69. The van der Waals surface area contributed by atoms with Crippen molar-refractivity contribution in [2.24, 2.45) is 5.92 Å². The summed E-state index contributed by atoms with van der Waals surface area (Å²) < 4.78 is 0. The van der Waals surface area contributed by atoms with E-state index in [1.165, 1.54) is 17.5 Å². The molecule has 3 atom stereocenters. The molecule has 1 saturated carbocycles. The molecule has 0 spiro atoms. The average molecular weight is 295 g/mol. The zero-order valence-corrected chi connectivity index (χ0v) is 13.0. The van der Waals surface area contributed by atoms with E-state index in [2.05, 4.69) is 39.6 Å². The van der Waals surface area contributed by atoms with Crippen molar-refractivity contribution >= 4 is 5.82 Å². The number of aromatic amines is 1. The molecule has 1 heterocycles. The van der Waals surface area contributed by atoms with Gasteiger partial charge in [-0.15, -0.1) is 0 Å². The maximum atomic E-state index is 11.9. The fourth-order valence-corrected chi connectivity index (χ4v) is 4.04. The van der Waals surface area contributed by atoms with Crippen LogP contribution in [0.3, 0.4) is 0 Å². The summed E-state index contributed by atoms with van der Waals surface area (Å²) in [6.45, 7) is 3.66. The van der Waals surface area contributed by atoms with Crippen LogP contribution in [0.2, 0.25) is 0 Å². The van der Waals surface area contributed by atoms with Gasteiger partial charge in [0.05, 0.1) is 5.56 Å². The maximum absolute atomic E-state index is 11.9. The molecule has 2 aromatic rings. The van der Waals surface area contributed by atoms with Gasteiger partial charge in [-0.3, -0.25) is 4.79 Å². The van der Waals surface area contributed by atoms with Crippen molar-refractivity contribution in [3.05, 3.63) is 57.1 Å². The Labute approximate surface area is 130 Å². The smallest absolute Gasteiger partial charge is 0.255 e. The summed E-state index contributed by atoms with van der Waals surface area (Å²) >= 11 is 0. The van der Waals surface area contributed by atoms with Crippen molar-refractivity contribution in [1.29, 1.82) is 0 Å². The van der Waals surface area contributed by atoms with Gasteiger partial charge in [0.1, 0.15) is 11.6 Å². The van der Waals surface area contributed by atoms with Crippen molar-refractivity contribution in [1.82, 2.24) is 9.97 Å². The molecule has 4 nitrogen and oxygen atoms in total. The van der Waals surface area contributed by atoms with Gasteiger partial charge in [0.15, 0.2) is 0 Å². The monoisotopic (exact) mass is 295 g/mol. The summed E-state index contributed by atoms with van der Waals surface area (Å²) in [6.07, 6.45) is 3.52. The van der Waals surface area contributed by atoms with Gasteiger partial charge in [-0.2, -0.15) is 0 Å². The molecule has 1 aromatic carbocycles. The molecule has 0 saturated heterocycles. The van der Waals surface area contributed by atoms with Crippen LogP contribution in [0.5, 0.6) is 0 Å². The first-order valence-electron chi connectivity index (χ1n) is 8.05. The quantitative estimate of drug-likeness (QED) is 0.895. The Morgan fingerprint density at radius 2 is 2.09 bits per heavy atom. The van der Waals surface area contributed by atoms with E-state index in [0.29, 0.717) is 29.3 Å². The predicted octanol–water partition coefficient (Wildman–Crippen LogP) is 2.92. The number of hydrogen-bond acceptors (Lipinski definition) is 3. The highest BCUT2D eigenvalue weighted by atomic mass is 16.1. The van der Waals surface area contributed by atoms with E-state index in [4.69, 9.17) is 0 Å². The van der Waals surface area contributed by atoms with Crippen LogP contribution in [0.15, 0.2) is 29.1 Å². The van der Waals surface area contributed by atoms with Gasteiger partial charge < -0.3 is 10.3 Å². The van der Waals surface area contributed by atoms with Crippen LogP contribution in [0.1, 0.15) is 41.3 Å². The van der Waals surface area contributed by atoms with E-state index in [1.54, 1.807) is 0 Å². The third-order valence-electron chi connectivity index (χ3n) is 5.33. The first-order chi connectivity index (χ1) is 10.6. The van der Waals surface area contributed by atoms with E-state index < -0.39 is 0 Å². The Bertz CT molecular complexity index is 780. The fourth-order valence-electron chi connectivity index (χ4n) is 4.04. The summed E-state index contributed by atoms with van der Waals surface area (Å²) in [5, 5.41) is 3.53. The van der Waals surface area contributed by atoms with Crippen LogP contribution in [0.25, 0.3) is 0 Å². The zero-order valence-electron chi connectivity index (χ0n) is 13.0. The van der Waals surface area contributed by atoms with Crippen molar-refractivity contribution in [3.63, 3.8) is 0 Å². The lowest BCUT2D eigenvalue weighted by molar-refractivity contribution is 0.194. The highest BCUT2D eigenvalue weighted by Crippen LogP contribution is 2.50. The van der Waals surface area contributed by atoms with Crippen molar-refractivity contribution in [2.45, 2.75) is 45.1 Å². The lowest BCUT2D eigenvalue weighted by atomic mass is 9.60. The molecule has 0 radical (unpaired) electrons.